The second kappa shape index (κ2) is 4.55. The molecular formula is C18H17NO4. The maximum absolute atomic E-state index is 10.4. The number of methoxy groups -OCH3 is 1. The van der Waals surface area contributed by atoms with E-state index in [9.17, 15) is 5.11 Å². The van der Waals surface area contributed by atoms with Gasteiger partial charge < -0.3 is 24.6 Å². The van der Waals surface area contributed by atoms with E-state index < -0.39 is 0 Å². The molecule has 0 bridgehead atoms. The van der Waals surface area contributed by atoms with E-state index in [2.05, 4.69) is 11.4 Å². The zero-order chi connectivity index (χ0) is 15.6. The summed E-state index contributed by atoms with van der Waals surface area (Å²) in [5.41, 5.74) is 5.69. The summed E-state index contributed by atoms with van der Waals surface area (Å²) in [6.45, 7) is 1.18. The highest BCUT2D eigenvalue weighted by molar-refractivity contribution is 5.85. The van der Waals surface area contributed by atoms with Crippen LogP contribution in [0.3, 0.4) is 0 Å². The summed E-state index contributed by atoms with van der Waals surface area (Å²) in [4.78, 5) is 0. The van der Waals surface area contributed by atoms with E-state index in [1.54, 1.807) is 7.11 Å². The van der Waals surface area contributed by atoms with E-state index in [-0.39, 0.29) is 18.6 Å². The highest BCUT2D eigenvalue weighted by Crippen LogP contribution is 2.52. The minimum atomic E-state index is 0.201. The second-order valence-electron chi connectivity index (χ2n) is 6.20. The highest BCUT2D eigenvalue weighted by atomic mass is 16.7. The number of benzene rings is 2. The Balaban J connectivity index is 1.85. The molecule has 1 atom stereocenters. The third-order valence-corrected chi connectivity index (χ3v) is 5.02. The summed E-state index contributed by atoms with van der Waals surface area (Å²) in [6, 6.07) is 6.17. The lowest BCUT2D eigenvalue weighted by Crippen LogP contribution is -2.33. The van der Waals surface area contributed by atoms with E-state index in [0.717, 1.165) is 42.0 Å². The van der Waals surface area contributed by atoms with Crippen LogP contribution in [0.5, 0.6) is 23.0 Å². The number of phenolic OH excluding ortho intramolecular Hbond substituents is 1. The van der Waals surface area contributed by atoms with Crippen LogP contribution in [0.25, 0.3) is 11.1 Å². The number of fused-ring (bicyclic) bond motifs is 3. The minimum Gasteiger partial charge on any atom is -0.504 e. The number of aromatic hydroxyl groups is 1. The first kappa shape index (κ1) is 13.1. The Kier molecular flexibility index (Phi) is 2.59. The van der Waals surface area contributed by atoms with E-state index in [4.69, 9.17) is 14.2 Å². The molecule has 23 heavy (non-hydrogen) atoms. The second-order valence-corrected chi connectivity index (χ2v) is 6.20. The van der Waals surface area contributed by atoms with Gasteiger partial charge in [0.15, 0.2) is 23.0 Å². The first-order valence-corrected chi connectivity index (χ1v) is 7.85. The van der Waals surface area contributed by atoms with Gasteiger partial charge in [0.1, 0.15) is 0 Å². The fourth-order valence-electron chi connectivity index (χ4n) is 4.06. The molecule has 2 aromatic carbocycles. The Morgan fingerprint density at radius 2 is 2.00 bits per heavy atom. The molecule has 5 rings (SSSR count). The van der Waals surface area contributed by atoms with Crippen molar-refractivity contribution in [2.24, 2.45) is 0 Å². The highest BCUT2D eigenvalue weighted by Gasteiger charge is 2.34. The molecule has 0 saturated heterocycles. The molecule has 118 valence electrons. The van der Waals surface area contributed by atoms with Crippen LogP contribution in [-0.2, 0) is 12.8 Å². The van der Waals surface area contributed by atoms with Crippen LogP contribution in [0.2, 0.25) is 0 Å². The molecule has 2 N–H and O–H groups in total. The minimum absolute atomic E-state index is 0.201. The van der Waals surface area contributed by atoms with Crippen LogP contribution >= 0.6 is 0 Å². The van der Waals surface area contributed by atoms with Gasteiger partial charge in [0.25, 0.3) is 0 Å². The Bertz CT molecular complexity index is 831. The number of nitrogens with one attached hydrogen (secondary N) is 1. The van der Waals surface area contributed by atoms with Crippen molar-refractivity contribution in [2.75, 3.05) is 20.4 Å². The maximum atomic E-state index is 10.4. The lowest BCUT2D eigenvalue weighted by Gasteiger charge is -2.35. The van der Waals surface area contributed by atoms with Crippen LogP contribution < -0.4 is 19.5 Å². The fourth-order valence-corrected chi connectivity index (χ4v) is 4.06. The first-order valence-electron chi connectivity index (χ1n) is 7.85. The SMILES string of the molecule is COc1c(O)cc2c3c1-c1cc4c(cc1C[C@@H]3NCC2)OCO4. The molecule has 0 spiro atoms. The van der Waals surface area contributed by atoms with Crippen LogP contribution in [0.4, 0.5) is 0 Å². The molecule has 0 fully saturated rings. The van der Waals surface area contributed by atoms with Gasteiger partial charge in [-0.3, -0.25) is 0 Å². The smallest absolute Gasteiger partial charge is 0.231 e. The van der Waals surface area contributed by atoms with Crippen molar-refractivity contribution < 1.29 is 19.3 Å². The van der Waals surface area contributed by atoms with Crippen molar-refractivity contribution in [2.45, 2.75) is 18.9 Å². The standard InChI is InChI=1S/C18H17NO4/c1-21-18-13(20)5-9-2-3-19-12-4-10-6-14-15(23-8-22-14)7-11(10)17(18)16(9)12/h5-7,12,19-20H,2-4,8H2,1H3/t12-/m0/s1. The third-order valence-electron chi connectivity index (χ3n) is 5.02. The molecule has 3 aliphatic rings. The van der Waals surface area contributed by atoms with Gasteiger partial charge in [-0.2, -0.15) is 0 Å². The normalized spacial score (nSPS) is 20.0. The number of phenols is 1. The summed E-state index contributed by atoms with van der Waals surface area (Å²) < 4.78 is 16.6. The van der Waals surface area contributed by atoms with Gasteiger partial charge in [-0.05, 0) is 59.8 Å². The molecule has 2 aromatic rings. The van der Waals surface area contributed by atoms with Crippen LogP contribution in [-0.4, -0.2) is 25.6 Å². The molecule has 2 aliphatic heterocycles. The van der Waals surface area contributed by atoms with Crippen molar-refractivity contribution in [3.63, 3.8) is 0 Å². The Morgan fingerprint density at radius 1 is 1.17 bits per heavy atom. The van der Waals surface area contributed by atoms with Crippen molar-refractivity contribution in [1.29, 1.82) is 0 Å². The quantitative estimate of drug-likeness (QED) is 0.847. The average Bonchev–Trinajstić information content (AvgIpc) is 3.00. The molecule has 0 unspecified atom stereocenters. The predicted octanol–water partition coefficient (Wildman–Crippen LogP) is 2.54. The van der Waals surface area contributed by atoms with Crippen LogP contribution in [0.1, 0.15) is 22.7 Å². The topological polar surface area (TPSA) is 60.0 Å². The number of ether oxygens (including phenoxy) is 3. The third kappa shape index (κ3) is 1.71. The Labute approximate surface area is 133 Å². The summed E-state index contributed by atoms with van der Waals surface area (Å²) in [5.74, 6) is 2.29. The zero-order valence-corrected chi connectivity index (χ0v) is 12.8. The molecule has 5 nitrogen and oxygen atoms in total. The molecule has 5 heteroatoms. The van der Waals surface area contributed by atoms with E-state index in [0.29, 0.717) is 5.75 Å². The molecular weight excluding hydrogens is 294 g/mol. The Morgan fingerprint density at radius 3 is 2.83 bits per heavy atom. The number of rotatable bonds is 1. The average molecular weight is 311 g/mol. The zero-order valence-electron chi connectivity index (χ0n) is 12.8. The van der Waals surface area contributed by atoms with Crippen LogP contribution in [0, 0.1) is 0 Å². The van der Waals surface area contributed by atoms with Gasteiger partial charge in [0.05, 0.1) is 7.11 Å². The number of hydrogen-bond donors (Lipinski definition) is 2. The van der Waals surface area contributed by atoms with Crippen LogP contribution in [0.15, 0.2) is 18.2 Å². The summed E-state index contributed by atoms with van der Waals surface area (Å²) in [5, 5.41) is 14.0. The van der Waals surface area contributed by atoms with Gasteiger partial charge >= 0.3 is 0 Å². The van der Waals surface area contributed by atoms with Gasteiger partial charge in [-0.25, -0.2) is 0 Å². The first-order chi connectivity index (χ1) is 11.3. The molecule has 0 saturated carbocycles. The molecule has 1 aliphatic carbocycles. The maximum Gasteiger partial charge on any atom is 0.231 e. The van der Waals surface area contributed by atoms with Crippen molar-refractivity contribution >= 4 is 0 Å². The van der Waals surface area contributed by atoms with Crippen molar-refractivity contribution in [3.8, 4) is 34.1 Å². The van der Waals surface area contributed by atoms with E-state index in [1.807, 2.05) is 12.1 Å². The van der Waals surface area contributed by atoms with E-state index >= 15 is 0 Å². The summed E-state index contributed by atoms with van der Waals surface area (Å²) in [7, 11) is 1.60. The molecule has 2 heterocycles. The van der Waals surface area contributed by atoms with Gasteiger partial charge in [0, 0.05) is 11.6 Å². The predicted molar refractivity (Wildman–Crippen MR) is 84.4 cm³/mol. The monoisotopic (exact) mass is 311 g/mol. The van der Waals surface area contributed by atoms with Crippen molar-refractivity contribution in [1.82, 2.24) is 5.32 Å². The van der Waals surface area contributed by atoms with Gasteiger partial charge in [0.2, 0.25) is 6.79 Å². The summed E-state index contributed by atoms with van der Waals surface area (Å²) in [6.07, 6.45) is 1.82. The Hall–Kier alpha value is -2.40. The lowest BCUT2D eigenvalue weighted by atomic mass is 9.77. The summed E-state index contributed by atoms with van der Waals surface area (Å²) >= 11 is 0. The lowest BCUT2D eigenvalue weighted by molar-refractivity contribution is 0.174. The molecule has 0 aromatic heterocycles. The van der Waals surface area contributed by atoms with Gasteiger partial charge in [-0.1, -0.05) is 0 Å². The van der Waals surface area contributed by atoms with E-state index in [1.165, 1.54) is 16.7 Å². The largest absolute Gasteiger partial charge is 0.504 e. The molecule has 0 radical (unpaired) electrons. The fraction of sp³-hybridized carbons (Fsp3) is 0.333. The molecule has 0 amide bonds. The van der Waals surface area contributed by atoms with Crippen molar-refractivity contribution in [3.05, 3.63) is 34.9 Å². The van der Waals surface area contributed by atoms with Gasteiger partial charge in [-0.15, -0.1) is 0 Å². The number of hydrogen-bond acceptors (Lipinski definition) is 5.